The number of sulfone groups is 1. The molecular formula is C22H24ClNO5S. The molecule has 2 aromatic rings. The van der Waals surface area contributed by atoms with E-state index in [0.717, 1.165) is 11.0 Å². The monoisotopic (exact) mass is 449 g/mol. The van der Waals surface area contributed by atoms with Gasteiger partial charge in [0.15, 0.2) is 21.3 Å². The maximum absolute atomic E-state index is 13.5. The van der Waals surface area contributed by atoms with Gasteiger partial charge in [0.05, 0.1) is 25.0 Å². The van der Waals surface area contributed by atoms with E-state index in [9.17, 15) is 13.2 Å². The zero-order chi connectivity index (χ0) is 21.9. The summed E-state index contributed by atoms with van der Waals surface area (Å²) >= 11 is 6.28. The van der Waals surface area contributed by atoms with E-state index in [1.165, 1.54) is 11.0 Å². The molecule has 1 heterocycles. The van der Waals surface area contributed by atoms with Crippen molar-refractivity contribution in [1.82, 2.24) is 0 Å². The van der Waals surface area contributed by atoms with Gasteiger partial charge >= 0.3 is 0 Å². The third-order valence-corrected chi connectivity index (χ3v) is 6.47. The Hall–Kier alpha value is -2.51. The van der Waals surface area contributed by atoms with Crippen LogP contribution in [-0.4, -0.2) is 39.3 Å². The van der Waals surface area contributed by atoms with Crippen molar-refractivity contribution in [2.24, 2.45) is 0 Å². The fraction of sp³-hybridized carbons (Fsp3) is 0.318. The molecule has 3 rings (SSSR count). The van der Waals surface area contributed by atoms with Crippen LogP contribution in [0.2, 0.25) is 5.02 Å². The maximum atomic E-state index is 13.5. The maximum Gasteiger partial charge on any atom is 0.258 e. The number of aryl methyl sites for hydroxylation is 1. The van der Waals surface area contributed by atoms with Crippen LogP contribution < -0.4 is 14.4 Å². The summed E-state index contributed by atoms with van der Waals surface area (Å²) in [5, 5.41) is 1.65. The quantitative estimate of drug-likeness (QED) is 0.626. The van der Waals surface area contributed by atoms with Gasteiger partial charge in [-0.1, -0.05) is 17.7 Å². The Morgan fingerprint density at radius 1 is 1.10 bits per heavy atom. The summed E-state index contributed by atoms with van der Waals surface area (Å²) in [6.45, 7) is 6.45. The lowest BCUT2D eigenvalue weighted by molar-refractivity contribution is 0.0982. The molecule has 0 aromatic heterocycles. The molecule has 1 aliphatic heterocycles. The molecule has 160 valence electrons. The zero-order valence-corrected chi connectivity index (χ0v) is 18.7. The highest BCUT2D eigenvalue weighted by atomic mass is 35.5. The summed E-state index contributed by atoms with van der Waals surface area (Å²) in [6.07, 6.45) is 1.53. The first kappa shape index (κ1) is 22.2. The van der Waals surface area contributed by atoms with Gasteiger partial charge in [0.2, 0.25) is 0 Å². The summed E-state index contributed by atoms with van der Waals surface area (Å²) in [6, 6.07) is 9.54. The molecule has 0 saturated heterocycles. The van der Waals surface area contributed by atoms with Crippen molar-refractivity contribution in [2.45, 2.75) is 26.8 Å². The molecule has 0 bridgehead atoms. The second-order valence-electron chi connectivity index (χ2n) is 6.86. The van der Waals surface area contributed by atoms with Gasteiger partial charge in [-0.3, -0.25) is 4.79 Å². The van der Waals surface area contributed by atoms with Gasteiger partial charge in [0, 0.05) is 21.7 Å². The van der Waals surface area contributed by atoms with Crippen LogP contribution in [-0.2, 0) is 9.84 Å². The molecule has 0 N–H and O–H groups in total. The summed E-state index contributed by atoms with van der Waals surface area (Å²) in [5.41, 5.74) is 1.74. The highest BCUT2D eigenvalue weighted by Gasteiger charge is 2.32. The Kier molecular flexibility index (Phi) is 6.73. The number of halogens is 1. The number of carbonyl (C=O) groups excluding carboxylic acids is 1. The molecular weight excluding hydrogens is 426 g/mol. The van der Waals surface area contributed by atoms with E-state index in [2.05, 4.69) is 0 Å². The second-order valence-corrected chi connectivity index (χ2v) is 9.20. The normalized spacial score (nSPS) is 17.0. The second kappa shape index (κ2) is 9.10. The molecule has 0 saturated carbocycles. The van der Waals surface area contributed by atoms with Crippen LogP contribution >= 0.6 is 11.6 Å². The average molecular weight is 450 g/mol. The number of carbonyl (C=O) groups is 1. The van der Waals surface area contributed by atoms with Crippen molar-refractivity contribution in [2.75, 3.05) is 23.9 Å². The molecule has 1 atom stereocenters. The molecule has 30 heavy (non-hydrogen) atoms. The standard InChI is InChI=1S/C22H24ClNO5S/c1-4-28-20-9-7-16(12-21(20)29-5-2)22(25)24(18-10-11-30(26,27)14-18)17-8-6-15(3)19(23)13-17/h6-13,18H,4-5,14H2,1-3H3. The highest BCUT2D eigenvalue weighted by Crippen LogP contribution is 2.32. The van der Waals surface area contributed by atoms with Gasteiger partial charge in [-0.15, -0.1) is 0 Å². The van der Waals surface area contributed by atoms with Crippen molar-refractivity contribution in [3.8, 4) is 11.5 Å². The number of ether oxygens (including phenoxy) is 2. The first-order chi connectivity index (χ1) is 14.3. The van der Waals surface area contributed by atoms with E-state index in [-0.39, 0.29) is 11.7 Å². The number of benzene rings is 2. The number of anilines is 1. The van der Waals surface area contributed by atoms with Crippen molar-refractivity contribution in [3.63, 3.8) is 0 Å². The third-order valence-electron chi connectivity index (χ3n) is 4.69. The minimum Gasteiger partial charge on any atom is -0.490 e. The van der Waals surface area contributed by atoms with Crippen LogP contribution in [0.3, 0.4) is 0 Å². The number of nitrogens with zero attached hydrogens (tertiary/aromatic N) is 1. The Bertz CT molecular complexity index is 1080. The Morgan fingerprint density at radius 2 is 1.80 bits per heavy atom. The average Bonchev–Trinajstić information content (AvgIpc) is 3.05. The van der Waals surface area contributed by atoms with E-state index < -0.39 is 15.9 Å². The van der Waals surface area contributed by atoms with E-state index in [0.29, 0.717) is 41.0 Å². The van der Waals surface area contributed by atoms with Gasteiger partial charge in [0.25, 0.3) is 5.91 Å². The lowest BCUT2D eigenvalue weighted by Gasteiger charge is -2.28. The van der Waals surface area contributed by atoms with E-state index in [4.69, 9.17) is 21.1 Å². The van der Waals surface area contributed by atoms with Gasteiger partial charge in [-0.25, -0.2) is 8.42 Å². The van der Waals surface area contributed by atoms with Gasteiger partial charge in [0.1, 0.15) is 0 Å². The minimum atomic E-state index is -3.37. The van der Waals surface area contributed by atoms with Gasteiger partial charge in [-0.05, 0) is 62.7 Å². The number of rotatable bonds is 7. The minimum absolute atomic E-state index is 0.181. The Labute approximate surface area is 182 Å². The lowest BCUT2D eigenvalue weighted by Crippen LogP contribution is -2.41. The Morgan fingerprint density at radius 3 is 2.40 bits per heavy atom. The summed E-state index contributed by atoms with van der Waals surface area (Å²) in [7, 11) is -3.37. The molecule has 6 nitrogen and oxygen atoms in total. The molecule has 0 radical (unpaired) electrons. The molecule has 0 fully saturated rings. The first-order valence-corrected chi connectivity index (χ1v) is 11.8. The van der Waals surface area contributed by atoms with E-state index in [1.54, 1.807) is 36.4 Å². The molecule has 2 aromatic carbocycles. The number of amides is 1. The van der Waals surface area contributed by atoms with Crippen LogP contribution in [0.1, 0.15) is 29.8 Å². The van der Waals surface area contributed by atoms with Crippen LogP contribution in [0.5, 0.6) is 11.5 Å². The van der Waals surface area contributed by atoms with E-state index in [1.807, 2.05) is 20.8 Å². The smallest absolute Gasteiger partial charge is 0.258 e. The molecule has 0 spiro atoms. The molecule has 0 aliphatic carbocycles. The van der Waals surface area contributed by atoms with Gasteiger partial charge < -0.3 is 14.4 Å². The summed E-state index contributed by atoms with van der Waals surface area (Å²) in [4.78, 5) is 15.0. The summed E-state index contributed by atoms with van der Waals surface area (Å²) < 4.78 is 35.3. The predicted octanol–water partition coefficient (Wildman–Crippen LogP) is 4.40. The van der Waals surface area contributed by atoms with Gasteiger partial charge in [-0.2, -0.15) is 0 Å². The Balaban J connectivity index is 2.05. The van der Waals surface area contributed by atoms with Crippen molar-refractivity contribution in [1.29, 1.82) is 0 Å². The van der Waals surface area contributed by atoms with Crippen LogP contribution in [0.15, 0.2) is 47.9 Å². The fourth-order valence-electron chi connectivity index (χ4n) is 3.23. The van der Waals surface area contributed by atoms with Crippen LogP contribution in [0, 0.1) is 6.92 Å². The number of hydrogen-bond donors (Lipinski definition) is 0. The fourth-order valence-corrected chi connectivity index (χ4v) is 4.68. The predicted molar refractivity (Wildman–Crippen MR) is 118 cm³/mol. The molecule has 1 amide bonds. The SMILES string of the molecule is CCOc1ccc(C(=O)N(c2ccc(C)c(Cl)c2)C2C=CS(=O)(=O)C2)cc1OCC. The lowest BCUT2D eigenvalue weighted by atomic mass is 10.1. The zero-order valence-electron chi connectivity index (χ0n) is 17.1. The van der Waals surface area contributed by atoms with Crippen molar-refractivity contribution < 1.29 is 22.7 Å². The highest BCUT2D eigenvalue weighted by molar-refractivity contribution is 7.94. The summed E-state index contributed by atoms with van der Waals surface area (Å²) in [5.74, 6) is 0.469. The third kappa shape index (κ3) is 4.79. The van der Waals surface area contributed by atoms with Crippen molar-refractivity contribution >= 4 is 33.0 Å². The van der Waals surface area contributed by atoms with Crippen LogP contribution in [0.25, 0.3) is 0 Å². The number of hydrogen-bond acceptors (Lipinski definition) is 5. The molecule has 8 heteroatoms. The molecule has 1 aliphatic rings. The first-order valence-electron chi connectivity index (χ1n) is 9.66. The van der Waals surface area contributed by atoms with Crippen LogP contribution in [0.4, 0.5) is 5.69 Å². The topological polar surface area (TPSA) is 72.9 Å². The largest absolute Gasteiger partial charge is 0.490 e. The van der Waals surface area contributed by atoms with E-state index >= 15 is 0 Å². The van der Waals surface area contributed by atoms with Crippen molar-refractivity contribution in [3.05, 3.63) is 64.0 Å². The molecule has 1 unspecified atom stereocenters.